The van der Waals surface area contributed by atoms with Gasteiger partial charge < -0.3 is 14.4 Å². The number of benzene rings is 1. The third-order valence-corrected chi connectivity index (χ3v) is 4.57. The molecule has 0 bridgehead atoms. The maximum atomic E-state index is 12.8. The average Bonchev–Trinajstić information content (AvgIpc) is 3.23. The summed E-state index contributed by atoms with van der Waals surface area (Å²) in [5.41, 5.74) is -0.154. The van der Waals surface area contributed by atoms with Gasteiger partial charge in [-0.15, -0.1) is 0 Å². The number of rotatable bonds is 2. The molecule has 1 aromatic carbocycles. The summed E-state index contributed by atoms with van der Waals surface area (Å²) in [5.74, 6) is -0.0272. The summed E-state index contributed by atoms with van der Waals surface area (Å²) in [4.78, 5) is 14.3. The van der Waals surface area contributed by atoms with Crippen LogP contribution < -0.4 is 0 Å². The number of amides is 1. The zero-order chi connectivity index (χ0) is 16.7. The van der Waals surface area contributed by atoms with Crippen LogP contribution in [0.2, 0.25) is 5.02 Å². The molecule has 24 heavy (non-hydrogen) atoms. The molecule has 8 heteroatoms. The molecule has 4 rings (SSSR count). The van der Waals surface area contributed by atoms with Gasteiger partial charge in [-0.25, -0.2) is 0 Å². The van der Waals surface area contributed by atoms with E-state index in [2.05, 4.69) is 15.4 Å². The van der Waals surface area contributed by atoms with Gasteiger partial charge in [-0.2, -0.15) is 15.4 Å². The van der Waals surface area contributed by atoms with Crippen molar-refractivity contribution in [1.82, 2.24) is 20.3 Å². The standard InChI is InChI=1S/C16H15ClN4O3/c17-11-2-3-12-10(6-11)7-13(24-12)15(22)21-5-1-4-16(23,9-21)14-8-18-20-19-14/h2-3,6-8,23H,1,4-5,9H2,(H,18,19,20)/t16-/m0/s1. The first-order valence-corrected chi connectivity index (χ1v) is 8.00. The van der Waals surface area contributed by atoms with Gasteiger partial charge in [-0.3, -0.25) is 4.79 Å². The van der Waals surface area contributed by atoms with Crippen LogP contribution in [0, 0.1) is 0 Å². The maximum Gasteiger partial charge on any atom is 0.289 e. The predicted molar refractivity (Wildman–Crippen MR) is 86.6 cm³/mol. The zero-order valence-corrected chi connectivity index (χ0v) is 13.5. The molecule has 1 aliphatic rings. The molecule has 1 atom stereocenters. The van der Waals surface area contributed by atoms with Crippen molar-refractivity contribution in [3.8, 4) is 0 Å². The summed E-state index contributed by atoms with van der Waals surface area (Å²) >= 11 is 5.96. The third kappa shape index (κ3) is 2.55. The highest BCUT2D eigenvalue weighted by molar-refractivity contribution is 6.31. The van der Waals surface area contributed by atoms with Crippen molar-refractivity contribution < 1.29 is 14.3 Å². The van der Waals surface area contributed by atoms with Gasteiger partial charge >= 0.3 is 0 Å². The van der Waals surface area contributed by atoms with E-state index in [1.807, 2.05) is 0 Å². The Bertz CT molecular complexity index is 892. The fourth-order valence-corrected chi connectivity index (χ4v) is 3.30. The number of hydrogen-bond acceptors (Lipinski definition) is 5. The average molecular weight is 347 g/mol. The molecule has 124 valence electrons. The Morgan fingerprint density at radius 3 is 3.08 bits per heavy atom. The number of aromatic nitrogens is 3. The van der Waals surface area contributed by atoms with Gasteiger partial charge in [0.1, 0.15) is 16.9 Å². The molecule has 7 nitrogen and oxygen atoms in total. The van der Waals surface area contributed by atoms with Gasteiger partial charge in [0.15, 0.2) is 5.76 Å². The van der Waals surface area contributed by atoms with E-state index in [4.69, 9.17) is 16.0 Å². The second-order valence-corrected chi connectivity index (χ2v) is 6.45. The number of carbonyl (C=O) groups excluding carboxylic acids is 1. The van der Waals surface area contributed by atoms with Crippen LogP contribution in [-0.2, 0) is 5.60 Å². The van der Waals surface area contributed by atoms with Gasteiger partial charge in [0, 0.05) is 17.0 Å². The van der Waals surface area contributed by atoms with Crippen LogP contribution in [-0.4, -0.2) is 44.4 Å². The Morgan fingerprint density at radius 1 is 1.42 bits per heavy atom. The molecular weight excluding hydrogens is 332 g/mol. The number of fused-ring (bicyclic) bond motifs is 1. The molecule has 0 unspecified atom stereocenters. The molecule has 0 aliphatic carbocycles. The van der Waals surface area contributed by atoms with E-state index in [-0.39, 0.29) is 18.2 Å². The number of nitrogens with zero attached hydrogens (tertiary/aromatic N) is 3. The van der Waals surface area contributed by atoms with Crippen molar-refractivity contribution in [2.75, 3.05) is 13.1 Å². The second-order valence-electron chi connectivity index (χ2n) is 6.01. The number of likely N-dealkylation sites (tertiary alicyclic amines) is 1. The van der Waals surface area contributed by atoms with E-state index >= 15 is 0 Å². The number of aromatic amines is 1. The molecule has 1 aliphatic heterocycles. The van der Waals surface area contributed by atoms with E-state index in [0.717, 1.165) is 5.39 Å². The largest absolute Gasteiger partial charge is 0.451 e. The van der Waals surface area contributed by atoms with Crippen LogP contribution in [0.3, 0.4) is 0 Å². The van der Waals surface area contributed by atoms with Crippen LogP contribution in [0.15, 0.2) is 34.9 Å². The number of hydrogen-bond donors (Lipinski definition) is 2. The SMILES string of the molecule is O=C(c1cc2cc(Cl)ccc2o1)N1CCC[C@@](O)(c2cn[nH]n2)C1. The molecule has 2 N–H and O–H groups in total. The quantitative estimate of drug-likeness (QED) is 0.742. The molecule has 1 saturated heterocycles. The van der Waals surface area contributed by atoms with Crippen molar-refractivity contribution in [1.29, 1.82) is 0 Å². The second kappa shape index (κ2) is 5.61. The number of H-pyrrole nitrogens is 1. The van der Waals surface area contributed by atoms with Crippen LogP contribution >= 0.6 is 11.6 Å². The molecule has 0 radical (unpaired) electrons. The van der Waals surface area contributed by atoms with Crippen molar-refractivity contribution in [3.63, 3.8) is 0 Å². The molecule has 3 heterocycles. The fraction of sp³-hybridized carbons (Fsp3) is 0.312. The molecular formula is C16H15ClN4O3. The van der Waals surface area contributed by atoms with Gasteiger partial charge in [0.2, 0.25) is 0 Å². The third-order valence-electron chi connectivity index (χ3n) is 4.34. The van der Waals surface area contributed by atoms with Crippen LogP contribution in [0.4, 0.5) is 0 Å². The van der Waals surface area contributed by atoms with Crippen molar-refractivity contribution in [2.45, 2.75) is 18.4 Å². The lowest BCUT2D eigenvalue weighted by atomic mass is 9.90. The summed E-state index contributed by atoms with van der Waals surface area (Å²) in [6.07, 6.45) is 2.68. The Hall–Kier alpha value is -2.38. The number of carbonyl (C=O) groups is 1. The first-order valence-electron chi connectivity index (χ1n) is 7.62. The van der Waals surface area contributed by atoms with Crippen molar-refractivity contribution in [2.24, 2.45) is 0 Å². The van der Waals surface area contributed by atoms with Crippen LogP contribution in [0.1, 0.15) is 29.1 Å². The monoisotopic (exact) mass is 346 g/mol. The molecule has 3 aromatic rings. The summed E-state index contributed by atoms with van der Waals surface area (Å²) in [6, 6.07) is 6.87. The lowest BCUT2D eigenvalue weighted by Crippen LogP contribution is -2.48. The highest BCUT2D eigenvalue weighted by Crippen LogP contribution is 2.31. The Labute approximate surface area is 142 Å². The van der Waals surface area contributed by atoms with Crippen LogP contribution in [0.5, 0.6) is 0 Å². The smallest absolute Gasteiger partial charge is 0.289 e. The Balaban J connectivity index is 1.61. The predicted octanol–water partition coefficient (Wildman–Crippen LogP) is 2.33. The number of furan rings is 1. The Kier molecular flexibility index (Phi) is 3.54. The zero-order valence-electron chi connectivity index (χ0n) is 12.7. The van der Waals surface area contributed by atoms with Crippen molar-refractivity contribution >= 4 is 28.5 Å². The highest BCUT2D eigenvalue weighted by atomic mass is 35.5. The van der Waals surface area contributed by atoms with Crippen molar-refractivity contribution in [3.05, 3.63) is 46.9 Å². The molecule has 0 saturated carbocycles. The normalized spacial score (nSPS) is 21.3. The van der Waals surface area contributed by atoms with Gasteiger partial charge in [-0.1, -0.05) is 11.6 Å². The maximum absolute atomic E-state index is 12.8. The Morgan fingerprint density at radius 2 is 2.29 bits per heavy atom. The number of β-amino-alcohol motifs (C(OH)–C–C–N with tert-alkyl or cyclic N) is 1. The van der Waals surface area contributed by atoms with Crippen LogP contribution in [0.25, 0.3) is 11.0 Å². The summed E-state index contributed by atoms with van der Waals surface area (Å²) in [5, 5.41) is 22.4. The lowest BCUT2D eigenvalue weighted by Gasteiger charge is -2.37. The minimum atomic E-state index is -1.20. The highest BCUT2D eigenvalue weighted by Gasteiger charge is 2.39. The first kappa shape index (κ1) is 15.2. The lowest BCUT2D eigenvalue weighted by molar-refractivity contribution is -0.0327. The molecule has 1 fully saturated rings. The van der Waals surface area contributed by atoms with Gasteiger partial charge in [0.25, 0.3) is 5.91 Å². The fourth-order valence-electron chi connectivity index (χ4n) is 3.12. The molecule has 0 spiro atoms. The molecule has 2 aromatic heterocycles. The van der Waals surface area contributed by atoms with E-state index < -0.39 is 5.60 Å². The van der Waals surface area contributed by atoms with E-state index in [1.165, 1.54) is 6.20 Å². The van der Waals surface area contributed by atoms with Gasteiger partial charge in [0.05, 0.1) is 12.7 Å². The van der Waals surface area contributed by atoms with Gasteiger partial charge in [-0.05, 0) is 37.1 Å². The number of nitrogens with one attached hydrogen (secondary N) is 1. The summed E-state index contributed by atoms with van der Waals surface area (Å²) in [7, 11) is 0. The first-order chi connectivity index (χ1) is 11.5. The molecule has 1 amide bonds. The minimum absolute atomic E-state index is 0.149. The number of piperidine rings is 1. The number of aliphatic hydroxyl groups is 1. The minimum Gasteiger partial charge on any atom is -0.451 e. The summed E-state index contributed by atoms with van der Waals surface area (Å²) < 4.78 is 5.63. The van der Waals surface area contributed by atoms with E-state index in [0.29, 0.717) is 35.7 Å². The summed E-state index contributed by atoms with van der Waals surface area (Å²) in [6.45, 7) is 0.701. The van der Waals surface area contributed by atoms with E-state index in [1.54, 1.807) is 29.2 Å². The van der Waals surface area contributed by atoms with E-state index in [9.17, 15) is 9.90 Å². The topological polar surface area (TPSA) is 95.3 Å². The number of halogens is 1.